The van der Waals surface area contributed by atoms with E-state index in [1.54, 1.807) is 6.07 Å². The van der Waals surface area contributed by atoms with Crippen molar-refractivity contribution in [3.63, 3.8) is 0 Å². The fourth-order valence-electron chi connectivity index (χ4n) is 6.33. The van der Waals surface area contributed by atoms with Gasteiger partial charge in [0.05, 0.1) is 0 Å². The first-order chi connectivity index (χ1) is 22.8. The van der Waals surface area contributed by atoms with Crippen LogP contribution in [0.4, 0.5) is 0 Å². The number of fused-ring (bicyclic) bond motifs is 7. The second-order valence-electron chi connectivity index (χ2n) is 13.1. The van der Waals surface area contributed by atoms with E-state index in [1.165, 1.54) is 36.6 Å². The zero-order valence-corrected chi connectivity index (χ0v) is 33.1. The number of pyridine rings is 2. The summed E-state index contributed by atoms with van der Waals surface area (Å²) >= 11 is -4.10. The number of hydrogen-bond acceptors (Lipinski definition) is 3. The van der Waals surface area contributed by atoms with E-state index in [-0.39, 0.29) is 25.7 Å². The Labute approximate surface area is 294 Å². The Morgan fingerprint density at radius 2 is 1.63 bits per heavy atom. The van der Waals surface area contributed by atoms with Crippen molar-refractivity contribution in [2.24, 2.45) is 0 Å². The molecule has 1 radical (unpaired) electrons. The van der Waals surface area contributed by atoms with E-state index in [2.05, 4.69) is 99.4 Å². The monoisotopic (exact) mass is 904 g/mol. The van der Waals surface area contributed by atoms with Gasteiger partial charge in [-0.05, 0) is 0 Å². The van der Waals surface area contributed by atoms with Gasteiger partial charge in [-0.3, -0.25) is 0 Å². The summed E-state index contributed by atoms with van der Waals surface area (Å²) in [7, 11) is 0. The molecular formula is C40H36Ge2IrN2O-2. The van der Waals surface area contributed by atoms with Crippen LogP contribution in [0.25, 0.3) is 55.6 Å². The molecule has 0 unspecified atom stereocenters. The van der Waals surface area contributed by atoms with Crippen molar-refractivity contribution in [2.45, 2.75) is 35.6 Å². The van der Waals surface area contributed by atoms with Gasteiger partial charge in [-0.2, -0.15) is 0 Å². The van der Waals surface area contributed by atoms with Crippen LogP contribution >= 0.6 is 0 Å². The van der Waals surface area contributed by atoms with Crippen LogP contribution < -0.4 is 13.2 Å². The molecule has 0 aliphatic carbocycles. The number of hydrogen-bond donors (Lipinski definition) is 0. The van der Waals surface area contributed by atoms with Crippen molar-refractivity contribution in [3.05, 3.63) is 127 Å². The Bertz CT molecular complexity index is 2290. The number of aromatic nitrogens is 2. The van der Waals surface area contributed by atoms with E-state index < -0.39 is 33.4 Å². The molecule has 4 heterocycles. The minimum atomic E-state index is -2.38. The smallest absolute Gasteiger partial charge is 0 e. The SMILES string of the molecule is [2H]C([2H])([2H])c1ccnc(-c2[c-]ccc3c2oc2cc[c]4c(c23)-c2cccc[c]2[Ge]4([CH3])[CH3])c1.[CH3][Ge]([CH3])([CH3])[c]1ccc(-c2[c-]cccc2)nc1.[Ir]. The van der Waals surface area contributed by atoms with Gasteiger partial charge in [-0.25, -0.2) is 0 Å². The maximum Gasteiger partial charge on any atom is 0 e. The van der Waals surface area contributed by atoms with Crippen molar-refractivity contribution in [2.75, 3.05) is 0 Å². The zero-order valence-electron chi connectivity index (χ0n) is 29.5. The molecule has 0 fully saturated rings. The predicted octanol–water partition coefficient (Wildman–Crippen LogP) is 8.65. The summed E-state index contributed by atoms with van der Waals surface area (Å²) in [5.41, 5.74) is 7.72. The number of aryl methyl sites for hydroxylation is 1. The first-order valence-electron chi connectivity index (χ1n) is 16.7. The minimum absolute atomic E-state index is 0. The van der Waals surface area contributed by atoms with Crippen LogP contribution in [0.2, 0.25) is 28.8 Å². The Balaban J connectivity index is 0.000000208. The fourth-order valence-corrected chi connectivity index (χ4v) is 14.9. The van der Waals surface area contributed by atoms with Gasteiger partial charge in [0.1, 0.15) is 0 Å². The molecule has 1 aliphatic rings. The van der Waals surface area contributed by atoms with Crippen LogP contribution in [0.15, 0.2) is 114 Å². The standard InChI is InChI=1S/C26H20GeNO.C14H16GeN.Ir/c1-16-13-14-28-22(15-16)18-8-6-9-19-25-23(29-26(18)19)12-11-21-24(25)17-7-4-5-10-20(17)27(21,2)3;1-15(2,3)13-9-10-14(16-11-13)12-7-5-4-6-8-12;/h4-7,9-15H,1-3H3;4-7,9-11H,1-3H3;/q2*-1;/i1D3;;. The van der Waals surface area contributed by atoms with Crippen molar-refractivity contribution in [1.29, 1.82) is 0 Å². The molecule has 6 heteroatoms. The van der Waals surface area contributed by atoms with Crippen LogP contribution in [-0.2, 0) is 20.1 Å². The zero-order chi connectivity index (χ0) is 33.8. The van der Waals surface area contributed by atoms with Crippen molar-refractivity contribution in [3.8, 4) is 33.6 Å². The molecule has 8 rings (SSSR count). The summed E-state index contributed by atoms with van der Waals surface area (Å²) in [6, 6.07) is 38.9. The van der Waals surface area contributed by atoms with Crippen molar-refractivity contribution in [1.82, 2.24) is 9.97 Å². The van der Waals surface area contributed by atoms with Crippen LogP contribution in [0.1, 0.15) is 9.68 Å². The Morgan fingerprint density at radius 3 is 2.37 bits per heavy atom. The largest absolute Gasteiger partial charge is 0 e. The molecular weight excluding hydrogens is 862 g/mol. The number of furan rings is 1. The molecule has 0 N–H and O–H groups in total. The van der Waals surface area contributed by atoms with Crippen LogP contribution in [0, 0.1) is 19.0 Å². The van der Waals surface area contributed by atoms with E-state index in [1.807, 2.05) is 42.6 Å². The third-order valence-electron chi connectivity index (χ3n) is 8.77. The maximum absolute atomic E-state index is 7.75. The van der Waals surface area contributed by atoms with Crippen molar-refractivity contribution < 1.29 is 28.6 Å². The third kappa shape index (κ3) is 5.86. The molecule has 4 aromatic carbocycles. The Kier molecular flexibility index (Phi) is 8.00. The quantitative estimate of drug-likeness (QED) is 0.132. The Morgan fingerprint density at radius 1 is 0.804 bits per heavy atom. The van der Waals surface area contributed by atoms with E-state index in [9.17, 15) is 0 Å². The molecule has 0 saturated carbocycles. The average molecular weight is 901 g/mol. The van der Waals surface area contributed by atoms with E-state index in [4.69, 9.17) is 8.53 Å². The summed E-state index contributed by atoms with van der Waals surface area (Å²) in [5, 5.41) is 2.14. The van der Waals surface area contributed by atoms with Crippen LogP contribution in [0.3, 0.4) is 0 Å². The van der Waals surface area contributed by atoms with Gasteiger partial charge in [0.15, 0.2) is 0 Å². The molecule has 0 saturated heterocycles. The summed E-state index contributed by atoms with van der Waals surface area (Å²) in [6.07, 6.45) is 3.58. The van der Waals surface area contributed by atoms with Gasteiger partial charge >= 0.3 is 277 Å². The molecule has 0 spiro atoms. The summed E-state index contributed by atoms with van der Waals surface area (Å²) in [4.78, 5) is 8.97. The van der Waals surface area contributed by atoms with E-state index in [0.717, 1.165) is 27.6 Å². The number of benzene rings is 4. The van der Waals surface area contributed by atoms with Crippen LogP contribution in [-0.4, -0.2) is 36.5 Å². The molecule has 231 valence electrons. The molecule has 7 aromatic rings. The Hall–Kier alpha value is -3.28. The minimum Gasteiger partial charge on any atom is 0 e. The third-order valence-corrected chi connectivity index (χ3v) is 20.5. The van der Waals surface area contributed by atoms with Crippen molar-refractivity contribution >= 4 is 61.7 Å². The maximum atomic E-state index is 7.75. The van der Waals surface area contributed by atoms with E-state index >= 15 is 0 Å². The van der Waals surface area contributed by atoms with E-state index in [0.29, 0.717) is 16.8 Å². The number of rotatable bonds is 3. The molecule has 3 aromatic heterocycles. The molecule has 46 heavy (non-hydrogen) atoms. The fraction of sp³-hybridized carbons (Fsp3) is 0.150. The molecule has 3 nitrogen and oxygen atoms in total. The van der Waals surface area contributed by atoms with Gasteiger partial charge < -0.3 is 0 Å². The average Bonchev–Trinajstić information content (AvgIpc) is 3.57. The normalized spacial score (nSPS) is 14.2. The summed E-state index contributed by atoms with van der Waals surface area (Å²) in [5.74, 6) is 12.0. The van der Waals surface area contributed by atoms with Crippen LogP contribution in [0.5, 0.6) is 0 Å². The first kappa shape index (κ1) is 28.9. The number of nitrogens with zero attached hydrogens (tertiary/aromatic N) is 2. The molecule has 0 bridgehead atoms. The summed E-state index contributed by atoms with van der Waals surface area (Å²) in [6.45, 7) is -2.19. The second-order valence-corrected chi connectivity index (χ2v) is 32.8. The van der Waals surface area contributed by atoms with Gasteiger partial charge in [-0.1, -0.05) is 0 Å². The predicted molar refractivity (Wildman–Crippen MR) is 194 cm³/mol. The van der Waals surface area contributed by atoms with Gasteiger partial charge in [-0.15, -0.1) is 0 Å². The van der Waals surface area contributed by atoms with Gasteiger partial charge in [0.25, 0.3) is 0 Å². The first-order valence-corrected chi connectivity index (χ1v) is 28.9. The molecule has 1 aliphatic heterocycles. The molecule has 0 amide bonds. The van der Waals surface area contributed by atoms with Gasteiger partial charge in [0.2, 0.25) is 0 Å². The second kappa shape index (κ2) is 12.7. The van der Waals surface area contributed by atoms with Gasteiger partial charge in [0, 0.05) is 20.1 Å². The molecule has 0 atom stereocenters. The summed E-state index contributed by atoms with van der Waals surface area (Å²) < 4.78 is 34.0. The topological polar surface area (TPSA) is 38.9 Å².